The number of allylic oxidation sites excluding steroid dienone is 2. The van der Waals surface area contributed by atoms with Crippen LogP contribution in [0.15, 0.2) is 11.6 Å². The normalized spacial score (nSPS) is 19.8. The maximum Gasteiger partial charge on any atom is 0.155 e. The molecule has 0 N–H and O–H groups in total. The van der Waals surface area contributed by atoms with Crippen molar-refractivity contribution in [1.82, 2.24) is 0 Å². The summed E-state index contributed by atoms with van der Waals surface area (Å²) < 4.78 is 0.364. The zero-order valence-electron chi connectivity index (χ0n) is 12.6. The van der Waals surface area contributed by atoms with Crippen molar-refractivity contribution in [3.05, 3.63) is 11.6 Å². The molecule has 1 rings (SSSR count). The van der Waals surface area contributed by atoms with Gasteiger partial charge < -0.3 is 0 Å². The SMILES string of the molecule is CCSC(C)(C)C(C)CC(C)CC1=CC(=O)CC1. The Morgan fingerprint density at radius 2 is 2.00 bits per heavy atom. The molecule has 104 valence electrons. The zero-order chi connectivity index (χ0) is 13.8. The average molecular weight is 268 g/mol. The van der Waals surface area contributed by atoms with E-state index in [4.69, 9.17) is 0 Å². The monoisotopic (exact) mass is 268 g/mol. The summed E-state index contributed by atoms with van der Waals surface area (Å²) >= 11 is 2.06. The first kappa shape index (κ1) is 15.8. The van der Waals surface area contributed by atoms with E-state index in [1.165, 1.54) is 17.7 Å². The number of rotatable bonds is 7. The molecule has 0 aliphatic heterocycles. The van der Waals surface area contributed by atoms with Gasteiger partial charge in [-0.3, -0.25) is 4.79 Å². The first-order valence-corrected chi connectivity index (χ1v) is 8.20. The fourth-order valence-corrected chi connectivity index (χ4v) is 3.87. The lowest BCUT2D eigenvalue weighted by atomic mass is 9.85. The van der Waals surface area contributed by atoms with Crippen molar-refractivity contribution in [2.24, 2.45) is 11.8 Å². The predicted molar refractivity (Wildman–Crippen MR) is 82.1 cm³/mol. The summed E-state index contributed by atoms with van der Waals surface area (Å²) in [6.07, 6.45) is 6.00. The van der Waals surface area contributed by atoms with Crippen LogP contribution in [0.3, 0.4) is 0 Å². The Kier molecular flexibility index (Phi) is 5.97. The van der Waals surface area contributed by atoms with Crippen LogP contribution in [0.25, 0.3) is 0 Å². The molecule has 0 amide bonds. The summed E-state index contributed by atoms with van der Waals surface area (Å²) in [5.74, 6) is 2.92. The maximum atomic E-state index is 11.2. The lowest BCUT2D eigenvalue weighted by Crippen LogP contribution is -2.27. The molecule has 2 unspecified atom stereocenters. The van der Waals surface area contributed by atoms with E-state index in [1.807, 2.05) is 6.08 Å². The molecule has 18 heavy (non-hydrogen) atoms. The summed E-state index contributed by atoms with van der Waals surface area (Å²) in [4.78, 5) is 11.2. The Morgan fingerprint density at radius 3 is 2.50 bits per heavy atom. The van der Waals surface area contributed by atoms with Gasteiger partial charge in [0.15, 0.2) is 5.78 Å². The van der Waals surface area contributed by atoms with Crippen LogP contribution in [-0.2, 0) is 4.79 Å². The van der Waals surface area contributed by atoms with Gasteiger partial charge in [-0.05, 0) is 42.9 Å². The van der Waals surface area contributed by atoms with Crippen LogP contribution in [0.1, 0.15) is 60.3 Å². The van der Waals surface area contributed by atoms with Crippen molar-refractivity contribution >= 4 is 17.5 Å². The molecule has 0 aromatic heterocycles. The lowest BCUT2D eigenvalue weighted by molar-refractivity contribution is -0.114. The minimum absolute atomic E-state index is 0.326. The third kappa shape index (κ3) is 4.79. The van der Waals surface area contributed by atoms with Gasteiger partial charge in [-0.1, -0.05) is 40.2 Å². The van der Waals surface area contributed by atoms with Crippen molar-refractivity contribution in [3.8, 4) is 0 Å². The van der Waals surface area contributed by atoms with E-state index in [9.17, 15) is 4.79 Å². The average Bonchev–Trinajstić information content (AvgIpc) is 2.63. The van der Waals surface area contributed by atoms with Crippen LogP contribution in [0, 0.1) is 11.8 Å². The summed E-state index contributed by atoms with van der Waals surface area (Å²) in [5.41, 5.74) is 1.38. The van der Waals surface area contributed by atoms with Gasteiger partial charge in [-0.2, -0.15) is 11.8 Å². The molecule has 0 heterocycles. The van der Waals surface area contributed by atoms with Crippen molar-refractivity contribution in [2.75, 3.05) is 5.75 Å². The lowest BCUT2D eigenvalue weighted by Gasteiger charge is -2.33. The Bertz CT molecular complexity index is 317. The van der Waals surface area contributed by atoms with Crippen LogP contribution >= 0.6 is 11.8 Å². The number of carbonyl (C=O) groups excluding carboxylic acids is 1. The Labute approximate surface area is 117 Å². The largest absolute Gasteiger partial charge is 0.295 e. The standard InChI is InChI=1S/C16H28OS/c1-6-18-16(4,5)13(3)9-12(2)10-14-7-8-15(17)11-14/h11-13H,6-10H2,1-5H3. The molecule has 2 heteroatoms. The first-order valence-electron chi connectivity index (χ1n) is 7.21. The van der Waals surface area contributed by atoms with Crippen molar-refractivity contribution in [2.45, 2.75) is 65.0 Å². The number of hydrogen-bond acceptors (Lipinski definition) is 2. The molecule has 0 bridgehead atoms. The molecular formula is C16H28OS. The minimum atomic E-state index is 0.326. The van der Waals surface area contributed by atoms with Crippen LogP contribution in [-0.4, -0.2) is 16.3 Å². The quantitative estimate of drug-likeness (QED) is 0.656. The Hall–Kier alpha value is -0.240. The highest BCUT2D eigenvalue weighted by Crippen LogP contribution is 2.37. The van der Waals surface area contributed by atoms with E-state index >= 15 is 0 Å². The predicted octanol–water partition coefficient (Wildman–Crippen LogP) is 4.86. The van der Waals surface area contributed by atoms with Gasteiger partial charge in [0.25, 0.3) is 0 Å². The molecule has 0 saturated carbocycles. The molecule has 0 fully saturated rings. The molecule has 0 aromatic carbocycles. The van der Waals surface area contributed by atoms with Crippen molar-refractivity contribution < 1.29 is 4.79 Å². The second-order valence-corrected chi connectivity index (χ2v) is 8.17. The van der Waals surface area contributed by atoms with E-state index in [2.05, 4.69) is 46.4 Å². The molecule has 0 radical (unpaired) electrons. The number of hydrogen-bond donors (Lipinski definition) is 0. The summed E-state index contributed by atoms with van der Waals surface area (Å²) in [5, 5.41) is 0. The molecule has 0 spiro atoms. The van der Waals surface area contributed by atoms with E-state index in [0.29, 0.717) is 16.4 Å². The topological polar surface area (TPSA) is 17.1 Å². The van der Waals surface area contributed by atoms with Gasteiger partial charge in [-0.25, -0.2) is 0 Å². The zero-order valence-corrected chi connectivity index (χ0v) is 13.4. The number of thioether (sulfide) groups is 1. The van der Waals surface area contributed by atoms with E-state index in [-0.39, 0.29) is 0 Å². The molecule has 0 saturated heterocycles. The van der Waals surface area contributed by atoms with E-state index in [1.54, 1.807) is 0 Å². The summed E-state index contributed by atoms with van der Waals surface area (Å²) in [7, 11) is 0. The van der Waals surface area contributed by atoms with Gasteiger partial charge >= 0.3 is 0 Å². The molecule has 1 aliphatic carbocycles. The highest BCUT2D eigenvalue weighted by molar-refractivity contribution is 8.00. The van der Waals surface area contributed by atoms with Gasteiger partial charge in [-0.15, -0.1) is 0 Å². The van der Waals surface area contributed by atoms with E-state index in [0.717, 1.165) is 25.2 Å². The van der Waals surface area contributed by atoms with Crippen LogP contribution in [0.4, 0.5) is 0 Å². The summed E-state index contributed by atoms with van der Waals surface area (Å²) in [6, 6.07) is 0. The fraction of sp³-hybridized carbons (Fsp3) is 0.812. The van der Waals surface area contributed by atoms with Crippen LogP contribution in [0.5, 0.6) is 0 Å². The highest BCUT2D eigenvalue weighted by atomic mass is 32.2. The first-order chi connectivity index (χ1) is 8.35. The smallest absolute Gasteiger partial charge is 0.155 e. The van der Waals surface area contributed by atoms with Gasteiger partial charge in [0, 0.05) is 11.2 Å². The minimum Gasteiger partial charge on any atom is -0.295 e. The number of ketones is 1. The van der Waals surface area contributed by atoms with Crippen molar-refractivity contribution in [3.63, 3.8) is 0 Å². The second-order valence-electron chi connectivity index (χ2n) is 6.25. The van der Waals surface area contributed by atoms with Crippen molar-refractivity contribution in [1.29, 1.82) is 0 Å². The van der Waals surface area contributed by atoms with Gasteiger partial charge in [0.1, 0.15) is 0 Å². The maximum absolute atomic E-state index is 11.2. The summed E-state index contributed by atoms with van der Waals surface area (Å²) in [6.45, 7) is 11.6. The van der Waals surface area contributed by atoms with Gasteiger partial charge in [0.05, 0.1) is 0 Å². The molecular weight excluding hydrogens is 240 g/mol. The van der Waals surface area contributed by atoms with Crippen LogP contribution < -0.4 is 0 Å². The molecule has 1 nitrogen and oxygen atoms in total. The van der Waals surface area contributed by atoms with Gasteiger partial charge in [0.2, 0.25) is 0 Å². The third-order valence-corrected chi connectivity index (χ3v) is 5.56. The fourth-order valence-electron chi connectivity index (χ4n) is 2.75. The Balaban J connectivity index is 2.42. The second kappa shape index (κ2) is 6.79. The third-order valence-electron chi connectivity index (χ3n) is 4.13. The molecule has 1 aliphatic rings. The Morgan fingerprint density at radius 1 is 1.33 bits per heavy atom. The highest BCUT2D eigenvalue weighted by Gasteiger charge is 2.27. The molecule has 0 aromatic rings. The van der Waals surface area contributed by atoms with Crippen LogP contribution in [0.2, 0.25) is 0 Å². The number of carbonyl (C=O) groups is 1. The van der Waals surface area contributed by atoms with E-state index < -0.39 is 0 Å². The molecule has 2 atom stereocenters.